The lowest BCUT2D eigenvalue weighted by atomic mass is 10.0. The molecule has 9 N–H and O–H groups in total. The summed E-state index contributed by atoms with van der Waals surface area (Å²) in [4.78, 5) is 103. The summed E-state index contributed by atoms with van der Waals surface area (Å²) in [6.45, 7) is 8.31. The van der Waals surface area contributed by atoms with E-state index in [2.05, 4.69) is 31.9 Å². The minimum atomic E-state index is -1.36. The second kappa shape index (κ2) is 38.1. The van der Waals surface area contributed by atoms with Crippen LogP contribution in [0.25, 0.3) is 0 Å². The molecule has 0 aromatic heterocycles. The molecule has 2 rings (SSSR count). The van der Waals surface area contributed by atoms with Gasteiger partial charge in [0.1, 0.15) is 24.7 Å². The minimum absolute atomic E-state index is 0.0284. The third-order valence-corrected chi connectivity index (χ3v) is 10.00. The van der Waals surface area contributed by atoms with Crippen molar-refractivity contribution in [2.24, 2.45) is 11.7 Å². The Hall–Kier alpha value is -5.64. The van der Waals surface area contributed by atoms with Crippen molar-refractivity contribution in [1.29, 1.82) is 0 Å². The van der Waals surface area contributed by atoms with Crippen molar-refractivity contribution in [2.45, 2.75) is 64.3 Å². The molecule has 0 fully saturated rings. The fourth-order valence-electron chi connectivity index (χ4n) is 6.17. The molecule has 0 saturated heterocycles. The Morgan fingerprint density at radius 2 is 1.08 bits per heavy atom. The molecule has 0 bridgehead atoms. The molecule has 1 aromatic carbocycles. The number of rotatable bonds is 42. The Morgan fingerprint density at radius 1 is 0.592 bits per heavy atom. The van der Waals surface area contributed by atoms with E-state index >= 15 is 0 Å². The van der Waals surface area contributed by atoms with E-state index in [0.29, 0.717) is 95.4 Å². The normalized spacial score (nSPS) is 13.5. The van der Waals surface area contributed by atoms with Crippen LogP contribution < -0.4 is 37.6 Å². The van der Waals surface area contributed by atoms with Crippen LogP contribution in [-0.4, -0.2) is 201 Å². The van der Waals surface area contributed by atoms with Crippen molar-refractivity contribution in [3.8, 4) is 0 Å². The third kappa shape index (κ3) is 28.7. The van der Waals surface area contributed by atoms with Crippen LogP contribution in [0.5, 0.6) is 0 Å². The quantitative estimate of drug-likeness (QED) is 0.0266. The summed E-state index contributed by atoms with van der Waals surface area (Å²) in [6, 6.07) is 1.86. The van der Waals surface area contributed by atoms with Crippen LogP contribution in [0.3, 0.4) is 0 Å². The number of primary amides is 1. The lowest BCUT2D eigenvalue weighted by molar-refractivity contribution is -0.141. The van der Waals surface area contributed by atoms with E-state index in [1.807, 2.05) is 0 Å². The summed E-state index contributed by atoms with van der Waals surface area (Å²) in [5.74, 6) is -5.41. The highest BCUT2D eigenvalue weighted by molar-refractivity contribution is 6.14. The highest BCUT2D eigenvalue weighted by atomic mass is 16.6. The van der Waals surface area contributed by atoms with Gasteiger partial charge in [-0.15, -0.1) is 0 Å². The number of carbonyl (C=O) groups excluding carboxylic acids is 8. The first-order valence-electron chi connectivity index (χ1n) is 23.5. The Kier molecular flexibility index (Phi) is 33.0. The van der Waals surface area contributed by atoms with Gasteiger partial charge in [-0.2, -0.15) is 0 Å². The molecule has 0 aliphatic carbocycles. The number of urea groups is 1. The molecule has 0 unspecified atom stereocenters. The first-order valence-corrected chi connectivity index (χ1v) is 23.5. The number of imide groups is 1. The van der Waals surface area contributed by atoms with Gasteiger partial charge in [0.2, 0.25) is 29.5 Å². The summed E-state index contributed by atoms with van der Waals surface area (Å²) in [5, 5.41) is 25.0. The first-order chi connectivity index (χ1) is 34.2. The van der Waals surface area contributed by atoms with Gasteiger partial charge in [0.25, 0.3) is 11.8 Å². The summed E-state index contributed by atoms with van der Waals surface area (Å²) in [7, 11) is 1.62. The number of hydrogen-bond acceptors (Lipinski definition) is 17. The smallest absolute Gasteiger partial charge is 0.312 e. The Morgan fingerprint density at radius 3 is 1.56 bits per heavy atom. The molecule has 1 aliphatic heterocycles. The van der Waals surface area contributed by atoms with Crippen LogP contribution in [0.2, 0.25) is 0 Å². The zero-order valence-corrected chi connectivity index (χ0v) is 41.0. The SMILES string of the molecule is COCCOCCOCCOCCOCCOCCOCCOCCC(=O)NCC[C@H](NC(=O)CN1C(=O)C=CC1=O)C(=O)N[C@H](C(=O)N[C@@H](CCCNC(N)=O)C(=O)Nc1ccc(CO)cc1)C(C)C. The van der Waals surface area contributed by atoms with Crippen molar-refractivity contribution < 1.29 is 81.4 Å². The topological polar surface area (TPSA) is 332 Å². The number of hydrogen-bond donors (Lipinski definition) is 8. The van der Waals surface area contributed by atoms with Gasteiger partial charge in [-0.05, 0) is 42.9 Å². The van der Waals surface area contributed by atoms with E-state index < -0.39 is 78.0 Å². The van der Waals surface area contributed by atoms with E-state index in [1.165, 1.54) is 0 Å². The van der Waals surface area contributed by atoms with Crippen molar-refractivity contribution in [3.63, 3.8) is 0 Å². The van der Waals surface area contributed by atoms with E-state index in [4.69, 9.17) is 43.6 Å². The van der Waals surface area contributed by atoms with Crippen LogP contribution in [0, 0.1) is 5.92 Å². The van der Waals surface area contributed by atoms with Gasteiger partial charge in [0, 0.05) is 44.5 Å². The molecule has 0 spiro atoms. The molecule has 400 valence electrons. The minimum Gasteiger partial charge on any atom is -0.392 e. The molecule has 25 heteroatoms. The van der Waals surface area contributed by atoms with Gasteiger partial charge in [-0.25, -0.2) is 4.79 Å². The number of amides is 9. The maximum absolute atomic E-state index is 13.8. The zero-order chi connectivity index (χ0) is 52.1. The van der Waals surface area contributed by atoms with Crippen molar-refractivity contribution >= 4 is 53.1 Å². The fourth-order valence-corrected chi connectivity index (χ4v) is 6.17. The number of methoxy groups -OCH3 is 1. The van der Waals surface area contributed by atoms with Gasteiger partial charge in [0.15, 0.2) is 0 Å². The summed E-state index contributed by atoms with van der Waals surface area (Å²) in [6.07, 6.45) is 2.11. The largest absolute Gasteiger partial charge is 0.392 e. The van der Waals surface area contributed by atoms with Crippen LogP contribution in [0.1, 0.15) is 45.1 Å². The van der Waals surface area contributed by atoms with E-state index in [-0.39, 0.29) is 65.2 Å². The number of ether oxygens (including phenoxy) is 8. The number of benzene rings is 1. The molecule has 71 heavy (non-hydrogen) atoms. The van der Waals surface area contributed by atoms with Gasteiger partial charge in [-0.3, -0.25) is 38.5 Å². The highest BCUT2D eigenvalue weighted by Gasteiger charge is 2.33. The number of aliphatic hydroxyl groups excluding tert-OH is 1. The third-order valence-electron chi connectivity index (χ3n) is 10.00. The average molecular weight is 1010 g/mol. The van der Waals surface area contributed by atoms with Gasteiger partial charge in [0.05, 0.1) is 106 Å². The highest BCUT2D eigenvalue weighted by Crippen LogP contribution is 2.12. The molecule has 1 aromatic rings. The summed E-state index contributed by atoms with van der Waals surface area (Å²) in [5.41, 5.74) is 6.17. The van der Waals surface area contributed by atoms with Crippen molar-refractivity contribution in [2.75, 3.05) is 131 Å². The molecular weight excluding hydrogens is 937 g/mol. The Bertz CT molecular complexity index is 1770. The number of carbonyl (C=O) groups is 8. The van der Waals surface area contributed by atoms with Crippen LogP contribution in [0.15, 0.2) is 36.4 Å². The maximum Gasteiger partial charge on any atom is 0.312 e. The second-order valence-corrected chi connectivity index (χ2v) is 16.0. The molecular formula is C46H74N8O17. The Balaban J connectivity index is 1.80. The second-order valence-electron chi connectivity index (χ2n) is 16.0. The molecule has 1 heterocycles. The van der Waals surface area contributed by atoms with E-state index in [0.717, 1.165) is 12.2 Å². The molecule has 1 aliphatic rings. The van der Waals surface area contributed by atoms with Crippen molar-refractivity contribution in [3.05, 3.63) is 42.0 Å². The van der Waals surface area contributed by atoms with Crippen LogP contribution in [0.4, 0.5) is 10.5 Å². The summed E-state index contributed by atoms with van der Waals surface area (Å²) >= 11 is 0. The summed E-state index contributed by atoms with van der Waals surface area (Å²) < 4.78 is 43.0. The average Bonchev–Trinajstić information content (AvgIpc) is 3.65. The van der Waals surface area contributed by atoms with Crippen molar-refractivity contribution in [1.82, 2.24) is 31.5 Å². The number of nitrogens with zero attached hydrogens (tertiary/aromatic N) is 1. The van der Waals surface area contributed by atoms with Gasteiger partial charge in [-0.1, -0.05) is 26.0 Å². The fraction of sp³-hybridized carbons (Fsp3) is 0.652. The lowest BCUT2D eigenvalue weighted by Crippen LogP contribution is -2.58. The zero-order valence-electron chi connectivity index (χ0n) is 41.0. The van der Waals surface area contributed by atoms with Gasteiger partial charge >= 0.3 is 6.03 Å². The standard InChI is InChI=1S/C46H74N8O17/c1-33(2)42(45(62)52-36(5-4-14-49-46(47)63)43(60)50-35-8-6-34(32-55)7-9-35)53-44(61)37(51-39(57)31-54-40(58)10-11-41(54)59)12-15-48-38(56)13-16-65-19-20-67-23-24-69-27-28-71-30-29-70-26-25-68-22-21-66-18-17-64-3/h6-11,33,36-37,42,55H,4-5,12-32H2,1-3H3,(H,48,56)(H,50,60)(H,51,57)(H,52,62)(H,53,61)(H3,47,49,63)/t36-,37-,42-/m0/s1. The molecule has 0 radical (unpaired) electrons. The molecule has 3 atom stereocenters. The van der Waals surface area contributed by atoms with Crippen LogP contribution >= 0.6 is 0 Å². The first kappa shape index (κ1) is 61.5. The predicted molar refractivity (Wildman–Crippen MR) is 254 cm³/mol. The molecule has 9 amide bonds. The monoisotopic (exact) mass is 1010 g/mol. The van der Waals surface area contributed by atoms with E-state index in [1.54, 1.807) is 45.2 Å². The number of aliphatic hydroxyl groups is 1. The van der Waals surface area contributed by atoms with Gasteiger partial charge < -0.3 is 80.6 Å². The lowest BCUT2D eigenvalue weighted by Gasteiger charge is -2.27. The number of anilines is 1. The predicted octanol–water partition coefficient (Wildman–Crippen LogP) is -1.74. The maximum atomic E-state index is 13.8. The van der Waals surface area contributed by atoms with E-state index in [9.17, 15) is 43.5 Å². The molecule has 25 nitrogen and oxygen atoms in total. The number of nitrogens with one attached hydrogen (secondary N) is 6. The van der Waals surface area contributed by atoms with Crippen LogP contribution in [-0.2, 0) is 78.1 Å². The Labute approximate surface area is 414 Å². The number of nitrogens with two attached hydrogens (primary N) is 1. The molecule has 0 saturated carbocycles.